The van der Waals surface area contributed by atoms with Crippen molar-refractivity contribution in [3.8, 4) is 0 Å². The van der Waals surface area contributed by atoms with E-state index in [0.717, 1.165) is 0 Å². The topological polar surface area (TPSA) is 162 Å². The van der Waals surface area contributed by atoms with Gasteiger partial charge in [0.1, 0.15) is 18.1 Å². The van der Waals surface area contributed by atoms with Crippen LogP contribution in [0.3, 0.4) is 0 Å². The van der Waals surface area contributed by atoms with Crippen LogP contribution < -0.4 is 16.4 Å². The van der Waals surface area contributed by atoms with Crippen molar-refractivity contribution in [3.05, 3.63) is 0 Å². The van der Waals surface area contributed by atoms with Gasteiger partial charge in [-0.2, -0.15) is 0 Å². The van der Waals surface area contributed by atoms with Gasteiger partial charge in [-0.1, -0.05) is 13.8 Å². The zero-order valence-electron chi connectivity index (χ0n) is 15.3. The van der Waals surface area contributed by atoms with E-state index < -0.39 is 48.6 Å². The fourth-order valence-electron chi connectivity index (χ4n) is 2.80. The minimum atomic E-state index is -1.46. The van der Waals surface area contributed by atoms with Crippen molar-refractivity contribution < 1.29 is 29.4 Å². The molecular formula is C16H28N4O6. The standard InChI is InChI=1S/C16H28N4O6/c1-8(2)12(14(23)18-10(7-21)16(25)26)19-13(22)11-5-4-6-20(11)15(24)9(3)17/h8-12,21H,4-7,17H2,1-3H3,(H,18,23)(H,19,22)(H,25,26). The van der Waals surface area contributed by atoms with Crippen molar-refractivity contribution >= 4 is 23.7 Å². The van der Waals surface area contributed by atoms with Crippen molar-refractivity contribution in [1.82, 2.24) is 15.5 Å². The van der Waals surface area contributed by atoms with E-state index in [1.165, 1.54) is 4.90 Å². The molecule has 0 bridgehead atoms. The molecule has 0 aromatic heterocycles. The zero-order chi connectivity index (χ0) is 20.0. The van der Waals surface area contributed by atoms with Crippen LogP contribution in [0.4, 0.5) is 0 Å². The Balaban J connectivity index is 2.83. The van der Waals surface area contributed by atoms with E-state index in [1.54, 1.807) is 20.8 Å². The second kappa shape index (κ2) is 9.48. The van der Waals surface area contributed by atoms with Gasteiger partial charge < -0.3 is 31.5 Å². The third kappa shape index (κ3) is 5.40. The summed E-state index contributed by atoms with van der Waals surface area (Å²) in [5.74, 6) is -3.23. The molecule has 4 atom stereocenters. The van der Waals surface area contributed by atoms with E-state index in [9.17, 15) is 19.2 Å². The lowest BCUT2D eigenvalue weighted by molar-refractivity contribution is -0.144. The molecule has 6 N–H and O–H groups in total. The smallest absolute Gasteiger partial charge is 0.328 e. The van der Waals surface area contributed by atoms with Crippen molar-refractivity contribution in [2.45, 2.75) is 57.8 Å². The van der Waals surface area contributed by atoms with E-state index >= 15 is 0 Å². The van der Waals surface area contributed by atoms with Crippen molar-refractivity contribution in [1.29, 1.82) is 0 Å². The maximum Gasteiger partial charge on any atom is 0.328 e. The Morgan fingerprint density at radius 2 is 1.81 bits per heavy atom. The Morgan fingerprint density at radius 3 is 2.27 bits per heavy atom. The number of carbonyl (C=O) groups is 4. The molecule has 1 rings (SSSR count). The Morgan fingerprint density at radius 1 is 1.19 bits per heavy atom. The van der Waals surface area contributed by atoms with E-state index in [0.29, 0.717) is 19.4 Å². The normalized spacial score (nSPS) is 20.4. The predicted molar refractivity (Wildman–Crippen MR) is 91.8 cm³/mol. The fraction of sp³-hybridized carbons (Fsp3) is 0.750. The van der Waals surface area contributed by atoms with E-state index in [1.807, 2.05) is 0 Å². The molecule has 0 radical (unpaired) electrons. The molecule has 10 heteroatoms. The average Bonchev–Trinajstić information content (AvgIpc) is 3.05. The second-order valence-corrected chi connectivity index (χ2v) is 6.79. The van der Waals surface area contributed by atoms with Crippen molar-refractivity contribution in [3.63, 3.8) is 0 Å². The first kappa shape index (κ1) is 21.8. The van der Waals surface area contributed by atoms with Gasteiger partial charge in [-0.05, 0) is 25.7 Å². The van der Waals surface area contributed by atoms with Gasteiger partial charge in [0.15, 0.2) is 0 Å². The van der Waals surface area contributed by atoms with Crippen molar-refractivity contribution in [2.75, 3.05) is 13.2 Å². The number of carboxylic acid groups (broad SMARTS) is 1. The summed E-state index contributed by atoms with van der Waals surface area (Å²) in [6, 6.07) is -3.89. The average molecular weight is 372 g/mol. The van der Waals surface area contributed by atoms with Gasteiger partial charge in [-0.25, -0.2) is 4.79 Å². The molecule has 148 valence electrons. The van der Waals surface area contributed by atoms with E-state index in [4.69, 9.17) is 15.9 Å². The minimum Gasteiger partial charge on any atom is -0.480 e. The molecule has 1 aliphatic rings. The summed E-state index contributed by atoms with van der Waals surface area (Å²) in [6.45, 7) is 4.58. The lowest BCUT2D eigenvalue weighted by atomic mass is 10.0. The first-order chi connectivity index (χ1) is 12.1. The molecule has 0 spiro atoms. The number of hydrogen-bond donors (Lipinski definition) is 5. The first-order valence-corrected chi connectivity index (χ1v) is 8.60. The molecule has 0 aromatic rings. The highest BCUT2D eigenvalue weighted by Crippen LogP contribution is 2.19. The van der Waals surface area contributed by atoms with Gasteiger partial charge in [-0.3, -0.25) is 14.4 Å². The molecule has 1 aliphatic heterocycles. The summed E-state index contributed by atoms with van der Waals surface area (Å²) in [4.78, 5) is 49.4. The van der Waals surface area contributed by atoms with Crippen LogP contribution in [0.5, 0.6) is 0 Å². The van der Waals surface area contributed by atoms with Crippen LogP contribution in [0.2, 0.25) is 0 Å². The minimum absolute atomic E-state index is 0.328. The zero-order valence-corrected chi connectivity index (χ0v) is 15.3. The number of likely N-dealkylation sites (tertiary alicyclic amines) is 1. The van der Waals surface area contributed by atoms with Crippen LogP contribution >= 0.6 is 0 Å². The summed E-state index contributed by atoms with van der Waals surface area (Å²) >= 11 is 0. The van der Waals surface area contributed by atoms with Gasteiger partial charge in [0.05, 0.1) is 12.6 Å². The lowest BCUT2D eigenvalue weighted by Gasteiger charge is -2.29. The number of nitrogens with zero attached hydrogens (tertiary/aromatic N) is 1. The van der Waals surface area contributed by atoms with Crippen LogP contribution in [-0.2, 0) is 19.2 Å². The number of carbonyl (C=O) groups excluding carboxylic acids is 3. The highest BCUT2D eigenvalue weighted by atomic mass is 16.4. The summed E-state index contributed by atoms with van der Waals surface area (Å²) in [5, 5.41) is 22.7. The summed E-state index contributed by atoms with van der Waals surface area (Å²) in [5.41, 5.74) is 5.61. The Bertz CT molecular complexity index is 551. The molecule has 3 amide bonds. The van der Waals surface area contributed by atoms with Gasteiger partial charge >= 0.3 is 5.97 Å². The number of amides is 3. The van der Waals surface area contributed by atoms with Gasteiger partial charge in [0, 0.05) is 6.54 Å². The molecule has 1 fully saturated rings. The van der Waals surface area contributed by atoms with E-state index in [2.05, 4.69) is 10.6 Å². The summed E-state index contributed by atoms with van der Waals surface area (Å²) < 4.78 is 0. The second-order valence-electron chi connectivity index (χ2n) is 6.79. The number of aliphatic hydroxyl groups excluding tert-OH is 1. The molecule has 1 saturated heterocycles. The monoisotopic (exact) mass is 372 g/mol. The molecule has 0 aliphatic carbocycles. The highest BCUT2D eigenvalue weighted by Gasteiger charge is 2.37. The first-order valence-electron chi connectivity index (χ1n) is 8.60. The van der Waals surface area contributed by atoms with Crippen LogP contribution in [0.1, 0.15) is 33.6 Å². The van der Waals surface area contributed by atoms with Crippen LogP contribution in [0.15, 0.2) is 0 Å². The van der Waals surface area contributed by atoms with Gasteiger partial charge in [0.25, 0.3) is 0 Å². The largest absolute Gasteiger partial charge is 0.480 e. The number of rotatable bonds is 8. The third-order valence-electron chi connectivity index (χ3n) is 4.27. The van der Waals surface area contributed by atoms with Crippen molar-refractivity contribution in [2.24, 2.45) is 11.7 Å². The Hall–Kier alpha value is -2.20. The molecule has 0 saturated carbocycles. The number of aliphatic hydroxyl groups is 1. The molecule has 26 heavy (non-hydrogen) atoms. The molecule has 10 nitrogen and oxygen atoms in total. The van der Waals surface area contributed by atoms with Crippen LogP contribution in [-0.4, -0.2) is 76.1 Å². The quantitative estimate of drug-likeness (QED) is 0.330. The number of nitrogens with two attached hydrogens (primary N) is 1. The van der Waals surface area contributed by atoms with Crippen LogP contribution in [0, 0.1) is 5.92 Å². The molecule has 0 aromatic carbocycles. The Labute approximate surface area is 152 Å². The number of hydrogen-bond acceptors (Lipinski definition) is 6. The molecular weight excluding hydrogens is 344 g/mol. The molecule has 1 heterocycles. The van der Waals surface area contributed by atoms with Gasteiger partial charge in [-0.15, -0.1) is 0 Å². The predicted octanol–water partition coefficient (Wildman–Crippen LogP) is -1.97. The fourth-order valence-corrected chi connectivity index (χ4v) is 2.80. The SMILES string of the molecule is CC(N)C(=O)N1CCCC1C(=O)NC(C(=O)NC(CO)C(=O)O)C(C)C. The van der Waals surface area contributed by atoms with Gasteiger partial charge in [0.2, 0.25) is 17.7 Å². The summed E-state index contributed by atoms with van der Waals surface area (Å²) in [7, 11) is 0. The highest BCUT2D eigenvalue weighted by molar-refractivity contribution is 5.94. The number of carboxylic acids is 1. The number of aliphatic carboxylic acids is 1. The lowest BCUT2D eigenvalue weighted by Crippen LogP contribution is -2.58. The maximum atomic E-state index is 12.6. The van der Waals surface area contributed by atoms with E-state index in [-0.39, 0.29) is 11.8 Å². The summed E-state index contributed by atoms with van der Waals surface area (Å²) in [6.07, 6.45) is 1.12. The third-order valence-corrected chi connectivity index (χ3v) is 4.27. The van der Waals surface area contributed by atoms with Crippen LogP contribution in [0.25, 0.3) is 0 Å². The number of nitrogens with one attached hydrogen (secondary N) is 2. The maximum absolute atomic E-state index is 12.6. The molecule has 4 unspecified atom stereocenters. The Kier molecular flexibility index (Phi) is 7.97.